The molecule has 0 atom stereocenters. The number of ether oxygens (including phenoxy) is 1. The van der Waals surface area contributed by atoms with Gasteiger partial charge in [0, 0.05) is 44.4 Å². The molecule has 1 amide bonds. The maximum absolute atomic E-state index is 14.6. The van der Waals surface area contributed by atoms with Crippen molar-refractivity contribution in [3.8, 4) is 5.75 Å². The van der Waals surface area contributed by atoms with Crippen LogP contribution in [0.2, 0.25) is 0 Å². The number of ketones is 1. The van der Waals surface area contributed by atoms with E-state index in [4.69, 9.17) is 4.74 Å². The SMILES string of the molecule is CCC.CCCN(C)CCCOc1ccc(C(=O)CN2CCN(C(=O)c3ccccc3)CC2)c(F)c1. The Morgan fingerprint density at radius 1 is 0.972 bits per heavy atom. The minimum Gasteiger partial charge on any atom is -0.493 e. The van der Waals surface area contributed by atoms with E-state index in [-0.39, 0.29) is 23.8 Å². The number of halogens is 1. The van der Waals surface area contributed by atoms with Crippen LogP contribution in [0.25, 0.3) is 0 Å². The number of carbonyl (C=O) groups is 2. The van der Waals surface area contributed by atoms with Crippen LogP contribution in [0, 0.1) is 5.82 Å². The summed E-state index contributed by atoms with van der Waals surface area (Å²) in [5.41, 5.74) is 0.743. The Balaban J connectivity index is 0.00000145. The highest BCUT2D eigenvalue weighted by atomic mass is 19.1. The van der Waals surface area contributed by atoms with Crippen molar-refractivity contribution >= 4 is 11.7 Å². The minimum atomic E-state index is -0.557. The summed E-state index contributed by atoms with van der Waals surface area (Å²) in [6, 6.07) is 13.6. The number of Topliss-reactive ketones (excluding diaryl/α,β-unsaturated/α-hetero) is 1. The summed E-state index contributed by atoms with van der Waals surface area (Å²) in [4.78, 5) is 31.2. The van der Waals surface area contributed by atoms with Gasteiger partial charge >= 0.3 is 0 Å². The smallest absolute Gasteiger partial charge is 0.253 e. The van der Waals surface area contributed by atoms with Crippen LogP contribution in [0.5, 0.6) is 5.75 Å². The molecule has 1 aliphatic heterocycles. The first kappa shape index (κ1) is 29.5. The molecule has 7 heteroatoms. The third kappa shape index (κ3) is 9.70. The molecule has 0 bridgehead atoms. The van der Waals surface area contributed by atoms with Crippen molar-refractivity contribution < 1.29 is 18.7 Å². The molecule has 0 aliphatic carbocycles. The predicted molar refractivity (Wildman–Crippen MR) is 143 cm³/mol. The Labute approximate surface area is 216 Å². The molecule has 1 heterocycles. The van der Waals surface area contributed by atoms with E-state index in [9.17, 15) is 14.0 Å². The van der Waals surface area contributed by atoms with Gasteiger partial charge in [-0.25, -0.2) is 4.39 Å². The Kier molecular flexibility index (Phi) is 13.1. The molecule has 2 aromatic rings. The third-order valence-corrected chi connectivity index (χ3v) is 5.85. The lowest BCUT2D eigenvalue weighted by atomic mass is 10.1. The van der Waals surface area contributed by atoms with Gasteiger partial charge in [-0.3, -0.25) is 14.5 Å². The summed E-state index contributed by atoms with van der Waals surface area (Å²) in [6.45, 7) is 11.3. The highest BCUT2D eigenvalue weighted by molar-refractivity contribution is 5.98. The van der Waals surface area contributed by atoms with E-state index >= 15 is 0 Å². The summed E-state index contributed by atoms with van der Waals surface area (Å²) in [7, 11) is 2.07. The van der Waals surface area contributed by atoms with Crippen molar-refractivity contribution in [2.24, 2.45) is 0 Å². The molecular formula is C29H42FN3O3. The Bertz CT molecular complexity index is 931. The van der Waals surface area contributed by atoms with E-state index in [1.807, 2.05) is 23.1 Å². The van der Waals surface area contributed by atoms with Crippen molar-refractivity contribution in [2.45, 2.75) is 40.0 Å². The van der Waals surface area contributed by atoms with Crippen molar-refractivity contribution in [3.05, 3.63) is 65.5 Å². The molecule has 1 aliphatic rings. The molecule has 0 N–H and O–H groups in total. The largest absolute Gasteiger partial charge is 0.493 e. The Morgan fingerprint density at radius 3 is 2.25 bits per heavy atom. The summed E-state index contributed by atoms with van der Waals surface area (Å²) < 4.78 is 20.2. The molecule has 0 unspecified atom stereocenters. The molecule has 1 saturated heterocycles. The van der Waals surface area contributed by atoms with Gasteiger partial charge in [0.1, 0.15) is 11.6 Å². The minimum absolute atomic E-state index is 0.000202. The number of amides is 1. The first-order chi connectivity index (χ1) is 17.4. The predicted octanol–water partition coefficient (Wildman–Crippen LogP) is 4.99. The first-order valence-electron chi connectivity index (χ1n) is 13.1. The quantitative estimate of drug-likeness (QED) is 0.322. The molecule has 198 valence electrons. The van der Waals surface area contributed by atoms with E-state index in [1.165, 1.54) is 18.6 Å². The lowest BCUT2D eigenvalue weighted by Gasteiger charge is -2.34. The maximum atomic E-state index is 14.6. The second-order valence-corrected chi connectivity index (χ2v) is 9.21. The Morgan fingerprint density at radius 2 is 1.64 bits per heavy atom. The maximum Gasteiger partial charge on any atom is 0.253 e. The van der Waals surface area contributed by atoms with Crippen molar-refractivity contribution in [2.75, 3.05) is 59.5 Å². The zero-order chi connectivity index (χ0) is 26.3. The number of hydrogen-bond donors (Lipinski definition) is 0. The van der Waals surface area contributed by atoms with Gasteiger partial charge in [0.25, 0.3) is 5.91 Å². The molecule has 0 aromatic heterocycles. The van der Waals surface area contributed by atoms with Crippen LogP contribution >= 0.6 is 0 Å². The van der Waals surface area contributed by atoms with Crippen LogP contribution in [-0.2, 0) is 0 Å². The number of benzene rings is 2. The van der Waals surface area contributed by atoms with Crippen molar-refractivity contribution in [3.63, 3.8) is 0 Å². The zero-order valence-corrected chi connectivity index (χ0v) is 22.3. The normalized spacial score (nSPS) is 13.8. The average molecular weight is 500 g/mol. The Hall–Kier alpha value is -2.77. The fourth-order valence-corrected chi connectivity index (χ4v) is 3.99. The summed E-state index contributed by atoms with van der Waals surface area (Å²) in [5.74, 6) is -0.378. The van der Waals surface area contributed by atoms with Gasteiger partial charge in [-0.15, -0.1) is 0 Å². The monoisotopic (exact) mass is 499 g/mol. The third-order valence-electron chi connectivity index (χ3n) is 5.85. The van der Waals surface area contributed by atoms with Crippen LogP contribution < -0.4 is 4.74 Å². The van der Waals surface area contributed by atoms with Crippen molar-refractivity contribution in [1.82, 2.24) is 14.7 Å². The molecule has 0 saturated carbocycles. The standard InChI is InChI=1S/C26H34FN3O3.C3H8/c1-3-12-28(2)13-7-18-33-22-10-11-23(24(27)19-22)25(31)20-29-14-16-30(17-15-29)26(32)21-8-5-4-6-9-21;1-3-2/h4-6,8-11,19H,3,7,12-18,20H2,1-2H3;3H2,1-2H3. The van der Waals surface area contributed by atoms with Crippen LogP contribution in [0.15, 0.2) is 48.5 Å². The number of carbonyl (C=O) groups excluding carboxylic acids is 2. The van der Waals surface area contributed by atoms with Gasteiger partial charge in [0.2, 0.25) is 0 Å². The van der Waals surface area contributed by atoms with E-state index in [1.54, 1.807) is 23.1 Å². The van der Waals surface area contributed by atoms with Gasteiger partial charge in [0.15, 0.2) is 5.78 Å². The van der Waals surface area contributed by atoms with Crippen LogP contribution in [-0.4, -0.2) is 85.9 Å². The van der Waals surface area contributed by atoms with Crippen molar-refractivity contribution in [1.29, 1.82) is 0 Å². The number of hydrogen-bond acceptors (Lipinski definition) is 5. The molecule has 36 heavy (non-hydrogen) atoms. The van der Waals surface area contributed by atoms with E-state index in [0.717, 1.165) is 25.9 Å². The zero-order valence-electron chi connectivity index (χ0n) is 22.3. The molecule has 6 nitrogen and oxygen atoms in total. The topological polar surface area (TPSA) is 53.1 Å². The van der Waals surface area contributed by atoms with E-state index < -0.39 is 5.82 Å². The van der Waals surface area contributed by atoms with Gasteiger partial charge in [-0.1, -0.05) is 45.4 Å². The fraction of sp³-hybridized carbons (Fsp3) is 0.517. The van der Waals surface area contributed by atoms with Gasteiger partial charge in [0.05, 0.1) is 18.7 Å². The lowest BCUT2D eigenvalue weighted by molar-refractivity contribution is 0.0624. The van der Waals surface area contributed by atoms with Gasteiger partial charge < -0.3 is 14.5 Å². The van der Waals surface area contributed by atoms with E-state index in [0.29, 0.717) is 44.1 Å². The highest BCUT2D eigenvalue weighted by Gasteiger charge is 2.24. The number of rotatable bonds is 11. The van der Waals surface area contributed by atoms with Crippen LogP contribution in [0.4, 0.5) is 4.39 Å². The second kappa shape index (κ2) is 16.1. The fourth-order valence-electron chi connectivity index (χ4n) is 3.99. The molecule has 3 rings (SSSR count). The lowest BCUT2D eigenvalue weighted by Crippen LogP contribution is -2.49. The number of piperazine rings is 1. The molecule has 0 spiro atoms. The van der Waals surface area contributed by atoms with Crippen LogP contribution in [0.1, 0.15) is 60.7 Å². The molecule has 0 radical (unpaired) electrons. The summed E-state index contributed by atoms with van der Waals surface area (Å²) in [6.07, 6.45) is 3.22. The highest BCUT2D eigenvalue weighted by Crippen LogP contribution is 2.18. The molecule has 1 fully saturated rings. The van der Waals surface area contributed by atoms with Crippen LogP contribution in [0.3, 0.4) is 0 Å². The number of nitrogens with zero attached hydrogens (tertiary/aromatic N) is 3. The summed E-state index contributed by atoms with van der Waals surface area (Å²) >= 11 is 0. The summed E-state index contributed by atoms with van der Waals surface area (Å²) in [5, 5.41) is 0. The molecule has 2 aromatic carbocycles. The second-order valence-electron chi connectivity index (χ2n) is 9.21. The van der Waals surface area contributed by atoms with E-state index in [2.05, 4.69) is 32.7 Å². The average Bonchev–Trinajstić information content (AvgIpc) is 2.88. The van der Waals surface area contributed by atoms with Gasteiger partial charge in [-0.2, -0.15) is 0 Å². The molecular weight excluding hydrogens is 457 g/mol. The first-order valence-corrected chi connectivity index (χ1v) is 13.1. The van der Waals surface area contributed by atoms with Gasteiger partial charge in [-0.05, 0) is 50.7 Å².